The van der Waals surface area contributed by atoms with Gasteiger partial charge in [0.25, 0.3) is 15.9 Å². The van der Waals surface area contributed by atoms with Gasteiger partial charge in [-0.3, -0.25) is 13.9 Å². The molecule has 0 aliphatic heterocycles. The van der Waals surface area contributed by atoms with Gasteiger partial charge < -0.3 is 9.88 Å². The Labute approximate surface area is 218 Å². The minimum atomic E-state index is -3.81. The number of amides is 1. The summed E-state index contributed by atoms with van der Waals surface area (Å²) in [7, 11) is -2.09. The Morgan fingerprint density at radius 3 is 2.22 bits per heavy atom. The van der Waals surface area contributed by atoms with Gasteiger partial charge in [-0.05, 0) is 60.2 Å². The summed E-state index contributed by atoms with van der Waals surface area (Å²) >= 11 is 1.12. The highest BCUT2D eigenvalue weighted by atomic mass is 32.2. The molecule has 4 aromatic carbocycles. The first kappa shape index (κ1) is 24.5. The molecule has 0 unspecified atom stereocenters. The highest BCUT2D eigenvalue weighted by molar-refractivity contribution is 7.92. The number of benzene rings is 4. The normalized spacial score (nSPS) is 11.4. The summed E-state index contributed by atoms with van der Waals surface area (Å²) < 4.78 is 30.7. The first-order chi connectivity index (χ1) is 17.8. The number of anilines is 2. The summed E-state index contributed by atoms with van der Waals surface area (Å²) in [6.07, 6.45) is 0. The van der Waals surface area contributed by atoms with Gasteiger partial charge in [0.1, 0.15) is 0 Å². The zero-order valence-electron chi connectivity index (χ0n) is 19.9. The Kier molecular flexibility index (Phi) is 6.64. The first-order valence-electron chi connectivity index (χ1n) is 11.5. The number of hydrogen-bond acceptors (Lipinski definition) is 5. The van der Waals surface area contributed by atoms with Crippen LogP contribution in [0.2, 0.25) is 0 Å². The Morgan fingerprint density at radius 2 is 1.54 bits per heavy atom. The van der Waals surface area contributed by atoms with E-state index in [-0.39, 0.29) is 22.2 Å². The maximum Gasteiger partial charge on any atom is 0.307 e. The molecule has 186 valence electrons. The maximum absolute atomic E-state index is 13.5. The van der Waals surface area contributed by atoms with Crippen molar-refractivity contribution in [3.63, 3.8) is 0 Å². The number of carbonyl (C=O) groups is 1. The van der Waals surface area contributed by atoms with Crippen LogP contribution in [0.1, 0.15) is 15.9 Å². The van der Waals surface area contributed by atoms with E-state index in [1.54, 1.807) is 109 Å². The Morgan fingerprint density at radius 1 is 0.892 bits per heavy atom. The highest BCUT2D eigenvalue weighted by Crippen LogP contribution is 2.26. The number of nitrogens with zero attached hydrogens (tertiary/aromatic N) is 2. The van der Waals surface area contributed by atoms with E-state index in [1.165, 1.54) is 4.31 Å². The first-order valence-corrected chi connectivity index (χ1v) is 13.7. The summed E-state index contributed by atoms with van der Waals surface area (Å²) in [6, 6.07) is 29.4. The minimum absolute atomic E-state index is 0.0621. The molecule has 0 aliphatic carbocycles. The molecule has 0 saturated heterocycles. The van der Waals surface area contributed by atoms with Crippen LogP contribution in [-0.4, -0.2) is 18.9 Å². The summed E-state index contributed by atoms with van der Waals surface area (Å²) in [4.78, 5) is 24.9. The number of fused-ring (bicyclic) bond motifs is 1. The Hall–Kier alpha value is -4.21. The lowest BCUT2D eigenvalue weighted by molar-refractivity contribution is 0.102. The molecular weight excluding hydrogens is 506 g/mol. The fourth-order valence-corrected chi connectivity index (χ4v) is 6.36. The van der Waals surface area contributed by atoms with Gasteiger partial charge in [-0.15, -0.1) is 0 Å². The fourth-order valence-electron chi connectivity index (χ4n) is 3.97. The number of hydrogen-bond donors (Lipinski definition) is 1. The quantitative estimate of drug-likeness (QED) is 0.312. The van der Waals surface area contributed by atoms with Gasteiger partial charge in [-0.25, -0.2) is 8.42 Å². The number of thiazole rings is 1. The Balaban J connectivity index is 1.37. The van der Waals surface area contributed by atoms with Crippen LogP contribution >= 0.6 is 11.3 Å². The summed E-state index contributed by atoms with van der Waals surface area (Å²) in [5.74, 6) is -0.300. The van der Waals surface area contributed by atoms with E-state index >= 15 is 0 Å². The van der Waals surface area contributed by atoms with E-state index in [9.17, 15) is 18.0 Å². The molecule has 0 bridgehead atoms. The molecule has 0 aliphatic rings. The largest absolute Gasteiger partial charge is 0.322 e. The zero-order chi connectivity index (χ0) is 26.0. The van der Waals surface area contributed by atoms with Crippen molar-refractivity contribution in [3.05, 3.63) is 124 Å². The molecule has 1 N–H and O–H groups in total. The minimum Gasteiger partial charge on any atom is -0.322 e. The van der Waals surface area contributed by atoms with Crippen LogP contribution < -0.4 is 14.5 Å². The summed E-state index contributed by atoms with van der Waals surface area (Å²) in [5.41, 5.74) is 3.11. The van der Waals surface area contributed by atoms with Crippen LogP contribution in [0.5, 0.6) is 0 Å². The fraction of sp³-hybridized carbons (Fsp3) is 0.0714. The molecule has 0 saturated carbocycles. The lowest BCUT2D eigenvalue weighted by Crippen LogP contribution is -2.30. The average Bonchev–Trinajstić information content (AvgIpc) is 3.20. The van der Waals surface area contributed by atoms with Crippen molar-refractivity contribution in [2.75, 3.05) is 9.62 Å². The van der Waals surface area contributed by atoms with E-state index in [0.29, 0.717) is 16.9 Å². The maximum atomic E-state index is 13.5. The molecule has 5 aromatic rings. The van der Waals surface area contributed by atoms with Crippen molar-refractivity contribution in [2.24, 2.45) is 7.05 Å². The number of rotatable bonds is 7. The van der Waals surface area contributed by atoms with Crippen LogP contribution in [0.3, 0.4) is 0 Å². The predicted octanol–water partition coefficient (Wildman–Crippen LogP) is 5.25. The van der Waals surface area contributed by atoms with Gasteiger partial charge in [0, 0.05) is 18.3 Å². The molecule has 37 heavy (non-hydrogen) atoms. The third-order valence-electron chi connectivity index (χ3n) is 5.97. The van der Waals surface area contributed by atoms with Crippen molar-refractivity contribution in [1.82, 2.24) is 4.57 Å². The number of sulfonamides is 1. The lowest BCUT2D eigenvalue weighted by atomic mass is 10.1. The number of nitrogens with one attached hydrogen (secondary N) is 1. The molecule has 1 aromatic heterocycles. The van der Waals surface area contributed by atoms with Gasteiger partial charge in [-0.2, -0.15) is 0 Å². The summed E-state index contributed by atoms with van der Waals surface area (Å²) in [5, 5.41) is 2.86. The Bertz CT molecular complexity index is 1730. The van der Waals surface area contributed by atoms with E-state index in [0.717, 1.165) is 27.1 Å². The molecule has 0 radical (unpaired) electrons. The molecule has 0 fully saturated rings. The topological polar surface area (TPSA) is 88.5 Å². The van der Waals surface area contributed by atoms with E-state index < -0.39 is 10.0 Å². The molecule has 0 spiro atoms. The van der Waals surface area contributed by atoms with E-state index in [1.807, 2.05) is 6.07 Å². The van der Waals surface area contributed by atoms with E-state index in [4.69, 9.17) is 0 Å². The second kappa shape index (κ2) is 10.0. The number of aryl methyl sites for hydroxylation is 1. The third kappa shape index (κ3) is 5.04. The highest BCUT2D eigenvalue weighted by Gasteiger charge is 2.25. The number of para-hydroxylation sites is 1. The van der Waals surface area contributed by atoms with Crippen LogP contribution in [0.15, 0.2) is 113 Å². The summed E-state index contributed by atoms with van der Waals surface area (Å²) in [6.45, 7) is 0.104. The van der Waals surface area contributed by atoms with Crippen molar-refractivity contribution in [3.8, 4) is 0 Å². The molecule has 7 nitrogen and oxygen atoms in total. The van der Waals surface area contributed by atoms with Gasteiger partial charge in [0.05, 0.1) is 27.3 Å². The van der Waals surface area contributed by atoms with Crippen LogP contribution in [-0.2, 0) is 23.6 Å². The predicted molar refractivity (Wildman–Crippen MR) is 148 cm³/mol. The van der Waals surface area contributed by atoms with Gasteiger partial charge >= 0.3 is 4.87 Å². The van der Waals surface area contributed by atoms with Crippen LogP contribution in [0, 0.1) is 0 Å². The molecule has 9 heteroatoms. The third-order valence-corrected chi connectivity index (χ3v) is 8.75. The standard InChI is InChI=1S/C28H23N3O4S2/c1-30-25-17-16-22(18-26(25)36-28(30)33)29-27(32)21-14-12-20(13-15-21)19-31(23-8-4-2-5-9-23)37(34,35)24-10-6-3-7-11-24/h2-18H,19H2,1H3,(H,29,32). The SMILES string of the molecule is Cn1c(=O)sc2cc(NC(=O)c3ccc(CN(c4ccccc4)S(=O)(=O)c4ccccc4)cc3)ccc21. The van der Waals surface area contributed by atoms with Gasteiger partial charge in [-0.1, -0.05) is 59.9 Å². The number of aromatic nitrogens is 1. The second-order valence-electron chi connectivity index (χ2n) is 8.42. The molecule has 0 atom stereocenters. The molecule has 1 amide bonds. The van der Waals surface area contributed by atoms with Crippen LogP contribution in [0.25, 0.3) is 10.2 Å². The molecule has 5 rings (SSSR count). The molecular formula is C28H23N3O4S2. The monoisotopic (exact) mass is 529 g/mol. The van der Waals surface area contributed by atoms with Crippen molar-refractivity contribution >= 4 is 48.9 Å². The van der Waals surface area contributed by atoms with Gasteiger partial charge in [0.2, 0.25) is 0 Å². The van der Waals surface area contributed by atoms with Gasteiger partial charge in [0.15, 0.2) is 0 Å². The zero-order valence-corrected chi connectivity index (χ0v) is 21.5. The van der Waals surface area contributed by atoms with Crippen molar-refractivity contribution in [2.45, 2.75) is 11.4 Å². The van der Waals surface area contributed by atoms with E-state index in [2.05, 4.69) is 5.32 Å². The van der Waals surface area contributed by atoms with Crippen molar-refractivity contribution < 1.29 is 13.2 Å². The smallest absolute Gasteiger partial charge is 0.307 e. The van der Waals surface area contributed by atoms with Crippen LogP contribution in [0.4, 0.5) is 11.4 Å². The van der Waals surface area contributed by atoms with Crippen molar-refractivity contribution in [1.29, 1.82) is 0 Å². The second-order valence-corrected chi connectivity index (χ2v) is 11.3. The molecule has 1 heterocycles. The average molecular weight is 530 g/mol. The number of carbonyl (C=O) groups excluding carboxylic acids is 1. The lowest BCUT2D eigenvalue weighted by Gasteiger charge is -2.25.